The van der Waals surface area contributed by atoms with Crippen LogP contribution < -0.4 is 0 Å². The third kappa shape index (κ3) is 3.00. The van der Waals surface area contributed by atoms with Gasteiger partial charge in [0.1, 0.15) is 6.04 Å². The Balaban J connectivity index is 1.86. The van der Waals surface area contributed by atoms with Crippen LogP contribution in [0.25, 0.3) is 0 Å². The minimum absolute atomic E-state index is 0.0375. The zero-order valence-corrected chi connectivity index (χ0v) is 10.8. The van der Waals surface area contributed by atoms with Crippen molar-refractivity contribution < 1.29 is 14.7 Å². The summed E-state index contributed by atoms with van der Waals surface area (Å²) in [4.78, 5) is 29.0. The van der Waals surface area contributed by atoms with Crippen molar-refractivity contribution in [1.82, 2.24) is 14.7 Å². The number of carbonyl (C=O) groups is 2. The number of likely N-dealkylation sites (tertiary alicyclic amines) is 1. The molecule has 2 rings (SSSR count). The number of carboxylic acid groups (broad SMARTS) is 1. The Morgan fingerprint density at radius 1 is 1.17 bits per heavy atom. The van der Waals surface area contributed by atoms with E-state index < -0.39 is 12.0 Å². The highest BCUT2D eigenvalue weighted by molar-refractivity contribution is 5.85. The van der Waals surface area contributed by atoms with Gasteiger partial charge >= 0.3 is 5.97 Å². The standard InChI is InChI=1S/C12H21N3O3/c1-13-5-7-14(8-6-13)9-11(16)15-4-2-3-10(15)12(17)18/h10H,2-9H2,1H3,(H,17,18). The second kappa shape index (κ2) is 5.67. The molecule has 1 unspecified atom stereocenters. The lowest BCUT2D eigenvalue weighted by Gasteiger charge is -2.33. The van der Waals surface area contributed by atoms with Crippen LogP contribution in [0, 0.1) is 0 Å². The van der Waals surface area contributed by atoms with Crippen LogP contribution >= 0.6 is 0 Å². The second-order valence-electron chi connectivity index (χ2n) is 5.16. The fourth-order valence-electron chi connectivity index (χ4n) is 2.61. The highest BCUT2D eigenvalue weighted by atomic mass is 16.4. The molecule has 18 heavy (non-hydrogen) atoms. The van der Waals surface area contributed by atoms with Gasteiger partial charge in [-0.05, 0) is 19.9 Å². The molecule has 2 fully saturated rings. The molecule has 0 radical (unpaired) electrons. The zero-order valence-electron chi connectivity index (χ0n) is 10.8. The summed E-state index contributed by atoms with van der Waals surface area (Å²) in [6, 6.07) is -0.607. The van der Waals surface area contributed by atoms with Gasteiger partial charge in [-0.15, -0.1) is 0 Å². The summed E-state index contributed by atoms with van der Waals surface area (Å²) in [6.45, 7) is 4.65. The van der Waals surface area contributed by atoms with E-state index in [1.54, 1.807) is 0 Å². The first-order valence-electron chi connectivity index (χ1n) is 6.51. The molecule has 1 atom stereocenters. The van der Waals surface area contributed by atoms with E-state index in [0.717, 1.165) is 32.6 Å². The molecular formula is C12H21N3O3. The van der Waals surface area contributed by atoms with Crippen LogP contribution in [0.15, 0.2) is 0 Å². The summed E-state index contributed by atoms with van der Waals surface area (Å²) in [5.41, 5.74) is 0. The lowest BCUT2D eigenvalue weighted by molar-refractivity contribution is -0.148. The van der Waals surface area contributed by atoms with Crippen molar-refractivity contribution >= 4 is 11.9 Å². The number of carboxylic acids is 1. The number of rotatable bonds is 3. The topological polar surface area (TPSA) is 64.1 Å². The molecule has 1 amide bonds. The third-order valence-electron chi connectivity index (χ3n) is 3.81. The van der Waals surface area contributed by atoms with E-state index in [-0.39, 0.29) is 5.91 Å². The molecule has 2 heterocycles. The van der Waals surface area contributed by atoms with E-state index >= 15 is 0 Å². The Bertz CT molecular complexity index is 327. The lowest BCUT2D eigenvalue weighted by Crippen LogP contribution is -2.50. The number of likely N-dealkylation sites (N-methyl/N-ethyl adjacent to an activating group) is 1. The monoisotopic (exact) mass is 255 g/mol. The van der Waals surface area contributed by atoms with Gasteiger partial charge in [0.15, 0.2) is 0 Å². The van der Waals surface area contributed by atoms with Gasteiger partial charge in [0.2, 0.25) is 5.91 Å². The predicted octanol–water partition coefficient (Wildman–Crippen LogP) is -0.691. The number of aliphatic carboxylic acids is 1. The molecule has 1 N–H and O–H groups in total. The molecule has 2 saturated heterocycles. The van der Waals surface area contributed by atoms with Crippen molar-refractivity contribution in [1.29, 1.82) is 0 Å². The predicted molar refractivity (Wildman–Crippen MR) is 66.3 cm³/mol. The SMILES string of the molecule is CN1CCN(CC(=O)N2CCCC2C(=O)O)CC1. The fourth-order valence-corrected chi connectivity index (χ4v) is 2.61. The van der Waals surface area contributed by atoms with Gasteiger partial charge in [-0.25, -0.2) is 4.79 Å². The number of amides is 1. The quantitative estimate of drug-likeness (QED) is 0.723. The Morgan fingerprint density at radius 3 is 2.44 bits per heavy atom. The number of piperazine rings is 1. The highest BCUT2D eigenvalue weighted by Gasteiger charge is 2.34. The van der Waals surface area contributed by atoms with Crippen LogP contribution in [0.1, 0.15) is 12.8 Å². The lowest BCUT2D eigenvalue weighted by atomic mass is 10.2. The molecule has 0 spiro atoms. The minimum atomic E-state index is -0.876. The van der Waals surface area contributed by atoms with E-state index in [0.29, 0.717) is 19.5 Å². The molecule has 0 aromatic rings. The first-order chi connectivity index (χ1) is 8.58. The van der Waals surface area contributed by atoms with Crippen molar-refractivity contribution in [2.24, 2.45) is 0 Å². The van der Waals surface area contributed by atoms with Crippen LogP contribution in [-0.2, 0) is 9.59 Å². The molecule has 6 nitrogen and oxygen atoms in total. The Hall–Kier alpha value is -1.14. The summed E-state index contributed by atoms with van der Waals surface area (Å²) >= 11 is 0. The Labute approximate surface area is 107 Å². The second-order valence-corrected chi connectivity index (χ2v) is 5.16. The number of hydrogen-bond acceptors (Lipinski definition) is 4. The van der Waals surface area contributed by atoms with Crippen molar-refractivity contribution in [3.63, 3.8) is 0 Å². The smallest absolute Gasteiger partial charge is 0.326 e. The van der Waals surface area contributed by atoms with Gasteiger partial charge in [-0.1, -0.05) is 0 Å². The van der Waals surface area contributed by atoms with E-state index in [1.165, 1.54) is 4.90 Å². The van der Waals surface area contributed by atoms with Crippen LogP contribution in [0.2, 0.25) is 0 Å². The van der Waals surface area contributed by atoms with Crippen molar-refractivity contribution in [2.75, 3.05) is 46.3 Å². The molecule has 2 aliphatic heterocycles. The van der Waals surface area contributed by atoms with Crippen LogP contribution in [-0.4, -0.2) is 84.0 Å². The van der Waals surface area contributed by atoms with Crippen LogP contribution in [0.5, 0.6) is 0 Å². The van der Waals surface area contributed by atoms with Gasteiger partial charge in [-0.2, -0.15) is 0 Å². The summed E-state index contributed by atoms with van der Waals surface area (Å²) < 4.78 is 0. The van der Waals surface area contributed by atoms with Gasteiger partial charge in [0.25, 0.3) is 0 Å². The molecule has 0 aromatic carbocycles. The molecule has 2 aliphatic rings. The zero-order chi connectivity index (χ0) is 13.1. The molecule has 102 valence electrons. The first-order valence-corrected chi connectivity index (χ1v) is 6.51. The van der Waals surface area contributed by atoms with Crippen molar-refractivity contribution in [3.8, 4) is 0 Å². The molecule has 0 bridgehead atoms. The molecule has 6 heteroatoms. The van der Waals surface area contributed by atoms with Crippen molar-refractivity contribution in [2.45, 2.75) is 18.9 Å². The summed E-state index contributed by atoms with van der Waals surface area (Å²) in [6.07, 6.45) is 1.38. The molecule has 0 aliphatic carbocycles. The number of nitrogens with zero attached hydrogens (tertiary/aromatic N) is 3. The summed E-state index contributed by atoms with van der Waals surface area (Å²) in [7, 11) is 2.07. The van der Waals surface area contributed by atoms with E-state index in [1.807, 2.05) is 0 Å². The minimum Gasteiger partial charge on any atom is -0.480 e. The largest absolute Gasteiger partial charge is 0.480 e. The van der Waals surface area contributed by atoms with Crippen LogP contribution in [0.4, 0.5) is 0 Å². The fraction of sp³-hybridized carbons (Fsp3) is 0.833. The Kier molecular flexibility index (Phi) is 4.19. The summed E-state index contributed by atoms with van der Waals surface area (Å²) in [5, 5.41) is 9.06. The van der Waals surface area contributed by atoms with Gasteiger partial charge in [0.05, 0.1) is 6.54 Å². The number of hydrogen-bond donors (Lipinski definition) is 1. The summed E-state index contributed by atoms with van der Waals surface area (Å²) in [5.74, 6) is -0.913. The normalized spacial score (nSPS) is 26.5. The van der Waals surface area contributed by atoms with E-state index in [4.69, 9.17) is 5.11 Å². The molecule has 0 aromatic heterocycles. The molecular weight excluding hydrogens is 234 g/mol. The van der Waals surface area contributed by atoms with Crippen LogP contribution in [0.3, 0.4) is 0 Å². The van der Waals surface area contributed by atoms with E-state index in [9.17, 15) is 9.59 Å². The maximum atomic E-state index is 12.1. The maximum absolute atomic E-state index is 12.1. The van der Waals surface area contributed by atoms with Crippen molar-refractivity contribution in [3.05, 3.63) is 0 Å². The van der Waals surface area contributed by atoms with Gasteiger partial charge in [0, 0.05) is 32.7 Å². The average Bonchev–Trinajstić information content (AvgIpc) is 2.81. The Morgan fingerprint density at radius 2 is 1.83 bits per heavy atom. The van der Waals surface area contributed by atoms with Gasteiger partial charge in [-0.3, -0.25) is 9.69 Å². The maximum Gasteiger partial charge on any atom is 0.326 e. The average molecular weight is 255 g/mol. The third-order valence-corrected chi connectivity index (χ3v) is 3.81. The number of carbonyl (C=O) groups excluding carboxylic acids is 1. The molecule has 0 saturated carbocycles. The first kappa shape index (κ1) is 13.3. The van der Waals surface area contributed by atoms with Gasteiger partial charge < -0.3 is 14.9 Å². The van der Waals surface area contributed by atoms with E-state index in [2.05, 4.69) is 16.8 Å². The highest BCUT2D eigenvalue weighted by Crippen LogP contribution is 2.17.